The van der Waals surface area contributed by atoms with Crippen LogP contribution in [0, 0.1) is 6.92 Å². The molecule has 0 radical (unpaired) electrons. The Labute approximate surface area is 75.9 Å². The van der Waals surface area contributed by atoms with Crippen molar-refractivity contribution < 1.29 is 5.11 Å². The molecule has 0 aromatic carbocycles. The molecule has 0 aliphatic heterocycles. The average molecular weight is 190 g/mol. The second-order valence-electron chi connectivity index (χ2n) is 2.67. The normalized spacial score (nSPS) is 13.3. The molecule has 0 saturated carbocycles. The summed E-state index contributed by atoms with van der Waals surface area (Å²) in [5.41, 5.74) is 6.01. The molecule has 68 valence electrons. The van der Waals surface area contributed by atoms with Gasteiger partial charge in [-0.1, -0.05) is 11.6 Å². The van der Waals surface area contributed by atoms with Gasteiger partial charge in [-0.2, -0.15) is 5.10 Å². The lowest BCUT2D eigenvalue weighted by atomic mass is 10.4. The molecule has 1 rings (SSSR count). The third kappa shape index (κ3) is 2.20. The Morgan fingerprint density at radius 1 is 1.83 bits per heavy atom. The number of nitrogens with zero attached hydrogens (tertiary/aromatic N) is 2. The minimum atomic E-state index is -0.555. The van der Waals surface area contributed by atoms with E-state index in [9.17, 15) is 5.11 Å². The lowest BCUT2D eigenvalue weighted by molar-refractivity contribution is 0.157. The Kier molecular flexibility index (Phi) is 3.08. The first-order valence-electron chi connectivity index (χ1n) is 3.71. The summed E-state index contributed by atoms with van der Waals surface area (Å²) in [6.07, 6.45) is 1.12. The van der Waals surface area contributed by atoms with Crippen LogP contribution >= 0.6 is 11.6 Å². The van der Waals surface area contributed by atoms with Crippen LogP contribution in [-0.4, -0.2) is 27.5 Å². The molecule has 1 aromatic heterocycles. The number of hydrogen-bond acceptors (Lipinski definition) is 3. The van der Waals surface area contributed by atoms with Crippen molar-refractivity contribution in [1.82, 2.24) is 9.78 Å². The van der Waals surface area contributed by atoms with Gasteiger partial charge in [-0.15, -0.1) is 0 Å². The van der Waals surface area contributed by atoms with Crippen molar-refractivity contribution in [3.05, 3.63) is 16.9 Å². The van der Waals surface area contributed by atoms with Crippen LogP contribution in [0.4, 0.5) is 0 Å². The fraction of sp³-hybridized carbons (Fsp3) is 0.571. The van der Waals surface area contributed by atoms with E-state index in [4.69, 9.17) is 17.3 Å². The fourth-order valence-electron chi connectivity index (χ4n) is 0.878. The number of aromatic nitrogens is 2. The van der Waals surface area contributed by atoms with Crippen LogP contribution in [0.3, 0.4) is 0 Å². The van der Waals surface area contributed by atoms with Crippen molar-refractivity contribution in [3.63, 3.8) is 0 Å². The van der Waals surface area contributed by atoms with Crippen molar-refractivity contribution in [3.8, 4) is 0 Å². The SMILES string of the molecule is Cc1nn(C[C@@H](O)CN)cc1Cl. The maximum absolute atomic E-state index is 9.18. The second-order valence-corrected chi connectivity index (χ2v) is 3.08. The molecule has 0 spiro atoms. The lowest BCUT2D eigenvalue weighted by Crippen LogP contribution is -2.25. The van der Waals surface area contributed by atoms with E-state index < -0.39 is 6.10 Å². The van der Waals surface area contributed by atoms with Gasteiger partial charge in [0.1, 0.15) is 0 Å². The molecular weight excluding hydrogens is 178 g/mol. The first kappa shape index (κ1) is 9.51. The third-order valence-corrected chi connectivity index (χ3v) is 1.93. The minimum Gasteiger partial charge on any atom is -0.390 e. The highest BCUT2D eigenvalue weighted by Gasteiger charge is 2.05. The maximum atomic E-state index is 9.18. The number of rotatable bonds is 3. The van der Waals surface area contributed by atoms with Gasteiger partial charge in [0.25, 0.3) is 0 Å². The Balaban J connectivity index is 2.64. The van der Waals surface area contributed by atoms with E-state index in [-0.39, 0.29) is 6.54 Å². The number of nitrogens with two attached hydrogens (primary N) is 1. The minimum absolute atomic E-state index is 0.233. The van der Waals surface area contributed by atoms with Crippen LogP contribution in [0.25, 0.3) is 0 Å². The van der Waals surface area contributed by atoms with Crippen molar-refractivity contribution in [2.45, 2.75) is 19.6 Å². The first-order valence-corrected chi connectivity index (χ1v) is 4.09. The second kappa shape index (κ2) is 3.89. The average Bonchev–Trinajstić information content (AvgIpc) is 2.31. The van der Waals surface area contributed by atoms with Crippen LogP contribution in [-0.2, 0) is 6.54 Å². The molecule has 0 fully saturated rings. The van der Waals surface area contributed by atoms with Crippen molar-refractivity contribution in [1.29, 1.82) is 0 Å². The van der Waals surface area contributed by atoms with Gasteiger partial charge in [0.2, 0.25) is 0 Å². The molecule has 0 bridgehead atoms. The van der Waals surface area contributed by atoms with E-state index >= 15 is 0 Å². The molecule has 0 aliphatic carbocycles. The summed E-state index contributed by atoms with van der Waals surface area (Å²) in [5, 5.41) is 13.9. The summed E-state index contributed by atoms with van der Waals surface area (Å²) in [4.78, 5) is 0. The largest absolute Gasteiger partial charge is 0.390 e. The highest BCUT2D eigenvalue weighted by molar-refractivity contribution is 6.31. The highest BCUT2D eigenvalue weighted by Crippen LogP contribution is 2.11. The molecule has 0 aliphatic rings. The molecule has 12 heavy (non-hydrogen) atoms. The zero-order valence-corrected chi connectivity index (χ0v) is 7.62. The number of halogens is 1. The third-order valence-electron chi connectivity index (χ3n) is 1.56. The van der Waals surface area contributed by atoms with Gasteiger partial charge >= 0.3 is 0 Å². The molecule has 1 atom stereocenters. The Morgan fingerprint density at radius 2 is 2.50 bits per heavy atom. The fourth-order valence-corrected chi connectivity index (χ4v) is 1.03. The summed E-state index contributed by atoms with van der Waals surface area (Å²) < 4.78 is 1.59. The zero-order valence-electron chi connectivity index (χ0n) is 6.87. The van der Waals surface area contributed by atoms with Gasteiger partial charge in [0.05, 0.1) is 23.4 Å². The summed E-state index contributed by atoms with van der Waals surface area (Å²) in [7, 11) is 0. The number of aliphatic hydroxyl groups is 1. The van der Waals surface area contributed by atoms with Gasteiger partial charge in [0, 0.05) is 12.7 Å². The number of aliphatic hydroxyl groups excluding tert-OH is 1. The van der Waals surface area contributed by atoms with Gasteiger partial charge in [-0.05, 0) is 6.92 Å². The van der Waals surface area contributed by atoms with Crippen molar-refractivity contribution in [2.75, 3.05) is 6.54 Å². The number of hydrogen-bond donors (Lipinski definition) is 2. The van der Waals surface area contributed by atoms with E-state index in [2.05, 4.69) is 5.10 Å². The van der Waals surface area contributed by atoms with Crippen LogP contribution in [0.5, 0.6) is 0 Å². The van der Waals surface area contributed by atoms with Gasteiger partial charge in [-0.3, -0.25) is 4.68 Å². The van der Waals surface area contributed by atoms with Crippen LogP contribution in [0.15, 0.2) is 6.20 Å². The highest BCUT2D eigenvalue weighted by atomic mass is 35.5. The topological polar surface area (TPSA) is 64.1 Å². The Hall–Kier alpha value is -0.580. The predicted molar refractivity (Wildman–Crippen MR) is 47.0 cm³/mol. The van der Waals surface area contributed by atoms with E-state index in [1.807, 2.05) is 6.92 Å². The molecule has 0 unspecified atom stereocenters. The molecule has 0 amide bonds. The molecule has 1 aromatic rings. The number of aryl methyl sites for hydroxylation is 1. The lowest BCUT2D eigenvalue weighted by Gasteiger charge is -2.06. The summed E-state index contributed by atoms with van der Waals surface area (Å²) >= 11 is 5.76. The molecule has 1 heterocycles. The van der Waals surface area contributed by atoms with E-state index in [1.165, 1.54) is 0 Å². The van der Waals surface area contributed by atoms with Gasteiger partial charge in [0.15, 0.2) is 0 Å². The van der Waals surface area contributed by atoms with E-state index in [0.29, 0.717) is 11.6 Å². The van der Waals surface area contributed by atoms with Crippen LogP contribution in [0.1, 0.15) is 5.69 Å². The molecule has 3 N–H and O–H groups in total. The molecule has 0 saturated heterocycles. The summed E-state index contributed by atoms with van der Waals surface area (Å²) in [6.45, 7) is 2.44. The Bertz CT molecular complexity index is 242. The van der Waals surface area contributed by atoms with Crippen LogP contribution < -0.4 is 5.73 Å². The van der Waals surface area contributed by atoms with Gasteiger partial charge in [-0.25, -0.2) is 0 Å². The van der Waals surface area contributed by atoms with Crippen molar-refractivity contribution in [2.24, 2.45) is 5.73 Å². The van der Waals surface area contributed by atoms with Crippen LogP contribution in [0.2, 0.25) is 5.02 Å². The molecular formula is C7H12ClN3O. The molecule has 4 nitrogen and oxygen atoms in total. The van der Waals surface area contributed by atoms with Gasteiger partial charge < -0.3 is 10.8 Å². The zero-order chi connectivity index (χ0) is 9.14. The first-order chi connectivity index (χ1) is 5.63. The standard InChI is InChI=1S/C7H12ClN3O/c1-5-7(8)4-11(10-5)3-6(12)2-9/h4,6,12H,2-3,9H2,1H3/t6-/m0/s1. The Morgan fingerprint density at radius 3 is 2.92 bits per heavy atom. The predicted octanol–water partition coefficient (Wildman–Crippen LogP) is 0.165. The van der Waals surface area contributed by atoms with E-state index in [0.717, 1.165) is 5.69 Å². The molecule has 5 heteroatoms. The van der Waals surface area contributed by atoms with E-state index in [1.54, 1.807) is 10.9 Å². The quantitative estimate of drug-likeness (QED) is 0.712. The monoisotopic (exact) mass is 189 g/mol. The maximum Gasteiger partial charge on any atom is 0.0857 e. The summed E-state index contributed by atoms with van der Waals surface area (Å²) in [6, 6.07) is 0. The summed E-state index contributed by atoms with van der Waals surface area (Å²) in [5.74, 6) is 0. The smallest absolute Gasteiger partial charge is 0.0857 e. The van der Waals surface area contributed by atoms with Crippen molar-refractivity contribution >= 4 is 11.6 Å².